The lowest BCUT2D eigenvalue weighted by Crippen LogP contribution is -2.05. The minimum Gasteiger partial charge on any atom is -0.326 e. The van der Waals surface area contributed by atoms with E-state index in [1.54, 1.807) is 6.07 Å². The van der Waals surface area contributed by atoms with Crippen LogP contribution in [0.4, 0.5) is 5.69 Å². The standard InChI is InChI=1S/C14H12ClN2O/c1-10(18)16-12-7-5-11(6-8-12)9-13-3-2-4-14(15)17-13/h2-9H,1H3,(H,16,18). The molecule has 3 nitrogen and oxygen atoms in total. The van der Waals surface area contributed by atoms with E-state index in [4.69, 9.17) is 11.6 Å². The van der Waals surface area contributed by atoms with Crippen LogP contribution in [0.3, 0.4) is 0 Å². The predicted octanol–water partition coefficient (Wildman–Crippen LogP) is 3.29. The van der Waals surface area contributed by atoms with Gasteiger partial charge in [-0.3, -0.25) is 4.79 Å². The quantitative estimate of drug-likeness (QED) is 0.860. The maximum atomic E-state index is 10.9. The Kier molecular flexibility index (Phi) is 3.95. The normalized spacial score (nSPS) is 10.1. The van der Waals surface area contributed by atoms with Crippen molar-refractivity contribution in [2.75, 3.05) is 5.32 Å². The minimum absolute atomic E-state index is 0.0803. The number of anilines is 1. The van der Waals surface area contributed by atoms with Crippen molar-refractivity contribution in [1.82, 2.24) is 4.98 Å². The minimum atomic E-state index is -0.0803. The molecule has 1 N–H and O–H groups in total. The molecule has 0 atom stereocenters. The molecule has 91 valence electrons. The van der Waals surface area contributed by atoms with Crippen molar-refractivity contribution >= 4 is 23.2 Å². The van der Waals surface area contributed by atoms with Crippen molar-refractivity contribution < 1.29 is 4.79 Å². The van der Waals surface area contributed by atoms with E-state index in [1.807, 2.05) is 42.8 Å². The monoisotopic (exact) mass is 259 g/mol. The Morgan fingerprint density at radius 1 is 1.22 bits per heavy atom. The van der Waals surface area contributed by atoms with Gasteiger partial charge in [0.05, 0.1) is 5.69 Å². The number of hydrogen-bond acceptors (Lipinski definition) is 2. The third kappa shape index (κ3) is 3.57. The van der Waals surface area contributed by atoms with E-state index >= 15 is 0 Å². The SMILES string of the molecule is CC(=O)Nc1ccc([CH]c2cccc(Cl)n2)cc1. The Labute approximate surface area is 111 Å². The van der Waals surface area contributed by atoms with Crippen LogP contribution in [0.2, 0.25) is 5.15 Å². The van der Waals surface area contributed by atoms with Gasteiger partial charge in [-0.15, -0.1) is 0 Å². The van der Waals surface area contributed by atoms with Gasteiger partial charge in [0.1, 0.15) is 5.15 Å². The number of carbonyl (C=O) groups excluding carboxylic acids is 1. The van der Waals surface area contributed by atoms with Crippen molar-refractivity contribution in [3.8, 4) is 0 Å². The van der Waals surface area contributed by atoms with Crippen LogP contribution in [-0.4, -0.2) is 10.9 Å². The molecule has 0 saturated heterocycles. The van der Waals surface area contributed by atoms with Crippen molar-refractivity contribution in [3.05, 3.63) is 65.3 Å². The summed E-state index contributed by atoms with van der Waals surface area (Å²) in [6, 6.07) is 13.0. The number of aromatic nitrogens is 1. The lowest BCUT2D eigenvalue weighted by atomic mass is 10.1. The zero-order chi connectivity index (χ0) is 13.0. The molecule has 0 aliphatic carbocycles. The van der Waals surface area contributed by atoms with E-state index in [0.29, 0.717) is 5.15 Å². The lowest BCUT2D eigenvalue weighted by molar-refractivity contribution is -0.114. The van der Waals surface area contributed by atoms with E-state index in [-0.39, 0.29) is 5.91 Å². The summed E-state index contributed by atoms with van der Waals surface area (Å²) in [5.74, 6) is -0.0803. The van der Waals surface area contributed by atoms with Gasteiger partial charge in [-0.1, -0.05) is 29.8 Å². The van der Waals surface area contributed by atoms with Gasteiger partial charge < -0.3 is 5.32 Å². The summed E-state index contributed by atoms with van der Waals surface area (Å²) < 4.78 is 0. The summed E-state index contributed by atoms with van der Waals surface area (Å²) in [7, 11) is 0. The van der Waals surface area contributed by atoms with Gasteiger partial charge in [0.2, 0.25) is 5.91 Å². The van der Waals surface area contributed by atoms with E-state index < -0.39 is 0 Å². The highest BCUT2D eigenvalue weighted by atomic mass is 35.5. The van der Waals surface area contributed by atoms with Gasteiger partial charge in [0, 0.05) is 19.0 Å². The molecular formula is C14H12ClN2O. The molecule has 0 bridgehead atoms. The smallest absolute Gasteiger partial charge is 0.221 e. The lowest BCUT2D eigenvalue weighted by Gasteiger charge is -2.04. The molecule has 0 spiro atoms. The van der Waals surface area contributed by atoms with Crippen LogP contribution < -0.4 is 5.32 Å². The number of benzene rings is 1. The first-order valence-electron chi connectivity index (χ1n) is 5.48. The Morgan fingerprint density at radius 3 is 2.56 bits per heavy atom. The predicted molar refractivity (Wildman–Crippen MR) is 72.5 cm³/mol. The van der Waals surface area contributed by atoms with Crippen LogP contribution in [0.15, 0.2) is 42.5 Å². The van der Waals surface area contributed by atoms with Gasteiger partial charge in [-0.2, -0.15) is 0 Å². The molecule has 1 aromatic heterocycles. The number of nitrogens with one attached hydrogen (secondary N) is 1. The summed E-state index contributed by atoms with van der Waals surface area (Å²) in [4.78, 5) is 15.1. The van der Waals surface area contributed by atoms with Gasteiger partial charge in [0.25, 0.3) is 0 Å². The number of hydrogen-bond donors (Lipinski definition) is 1. The Bertz CT molecular complexity index is 552. The van der Waals surface area contributed by atoms with Gasteiger partial charge in [-0.05, 0) is 29.8 Å². The Morgan fingerprint density at radius 2 is 1.94 bits per heavy atom. The average Bonchev–Trinajstić information content (AvgIpc) is 2.31. The van der Waals surface area contributed by atoms with Gasteiger partial charge in [0.15, 0.2) is 0 Å². The maximum Gasteiger partial charge on any atom is 0.221 e. The second-order valence-electron chi connectivity index (χ2n) is 3.83. The average molecular weight is 260 g/mol. The summed E-state index contributed by atoms with van der Waals surface area (Å²) in [5, 5.41) is 3.19. The first kappa shape index (κ1) is 12.6. The van der Waals surface area contributed by atoms with Crippen LogP contribution in [0.5, 0.6) is 0 Å². The number of carbonyl (C=O) groups is 1. The van der Waals surface area contributed by atoms with Crippen molar-refractivity contribution in [2.45, 2.75) is 6.92 Å². The van der Waals surface area contributed by atoms with Crippen molar-refractivity contribution in [3.63, 3.8) is 0 Å². The molecule has 2 rings (SSSR count). The van der Waals surface area contributed by atoms with Crippen LogP contribution >= 0.6 is 11.6 Å². The van der Waals surface area contributed by atoms with Gasteiger partial charge in [-0.25, -0.2) is 4.98 Å². The zero-order valence-electron chi connectivity index (χ0n) is 9.85. The highest BCUT2D eigenvalue weighted by molar-refractivity contribution is 6.29. The number of amides is 1. The fourth-order valence-corrected chi connectivity index (χ4v) is 1.71. The molecule has 0 fully saturated rings. The van der Waals surface area contributed by atoms with Crippen LogP contribution in [-0.2, 0) is 4.79 Å². The molecule has 18 heavy (non-hydrogen) atoms. The number of rotatable bonds is 3. The van der Waals surface area contributed by atoms with E-state index in [0.717, 1.165) is 16.9 Å². The highest BCUT2D eigenvalue weighted by Crippen LogP contribution is 2.15. The summed E-state index contributed by atoms with van der Waals surface area (Å²) in [6.45, 7) is 1.48. The first-order chi connectivity index (χ1) is 8.63. The third-order valence-electron chi connectivity index (χ3n) is 2.28. The number of pyridine rings is 1. The molecule has 1 aromatic carbocycles. The number of nitrogens with zero attached hydrogens (tertiary/aromatic N) is 1. The molecule has 0 aliphatic rings. The molecule has 1 heterocycles. The second kappa shape index (κ2) is 5.65. The molecule has 1 amide bonds. The van der Waals surface area contributed by atoms with Crippen LogP contribution in [0, 0.1) is 6.42 Å². The maximum absolute atomic E-state index is 10.9. The highest BCUT2D eigenvalue weighted by Gasteiger charge is 2.00. The molecule has 2 aromatic rings. The zero-order valence-corrected chi connectivity index (χ0v) is 10.6. The Hall–Kier alpha value is -1.87. The molecule has 0 unspecified atom stereocenters. The van der Waals surface area contributed by atoms with Crippen molar-refractivity contribution in [2.24, 2.45) is 0 Å². The van der Waals surface area contributed by atoms with Gasteiger partial charge >= 0.3 is 0 Å². The molecule has 0 aliphatic heterocycles. The second-order valence-corrected chi connectivity index (χ2v) is 4.22. The topological polar surface area (TPSA) is 42.0 Å². The third-order valence-corrected chi connectivity index (χ3v) is 2.49. The largest absolute Gasteiger partial charge is 0.326 e. The van der Waals surface area contributed by atoms with Crippen LogP contribution in [0.25, 0.3) is 0 Å². The molecule has 1 radical (unpaired) electrons. The molecular weight excluding hydrogens is 248 g/mol. The summed E-state index contributed by atoms with van der Waals surface area (Å²) in [5.41, 5.74) is 2.58. The summed E-state index contributed by atoms with van der Waals surface area (Å²) >= 11 is 5.81. The van der Waals surface area contributed by atoms with E-state index in [1.165, 1.54) is 6.92 Å². The Balaban J connectivity index is 2.08. The fourth-order valence-electron chi connectivity index (χ4n) is 1.54. The fraction of sp³-hybridized carbons (Fsp3) is 0.0714. The van der Waals surface area contributed by atoms with E-state index in [9.17, 15) is 4.79 Å². The molecule has 4 heteroatoms. The van der Waals surface area contributed by atoms with E-state index in [2.05, 4.69) is 10.3 Å². The summed E-state index contributed by atoms with van der Waals surface area (Å²) in [6.07, 6.45) is 1.92. The molecule has 0 saturated carbocycles. The number of halogens is 1. The van der Waals surface area contributed by atoms with Crippen molar-refractivity contribution in [1.29, 1.82) is 0 Å². The first-order valence-corrected chi connectivity index (χ1v) is 5.86. The van der Waals surface area contributed by atoms with Crippen LogP contribution in [0.1, 0.15) is 18.2 Å².